The molecule has 27 heavy (non-hydrogen) atoms. The van der Waals surface area contributed by atoms with Gasteiger partial charge in [0.25, 0.3) is 0 Å². The molecule has 1 aliphatic rings. The van der Waals surface area contributed by atoms with Crippen molar-refractivity contribution < 1.29 is 9.53 Å². The standard InChI is InChI=1S/C21H29N3O2S/c1-13(14-8-6-5-7-9-14)24-12-17-16(10-15(24)11-22)18(19(23)27-17)20(25)26-21(2,3)4/h5-9,13,15H,10-12,22-23H2,1-4H3/t13-,15+/m0/s1. The molecule has 4 N–H and O–H groups in total. The van der Waals surface area contributed by atoms with E-state index in [4.69, 9.17) is 16.2 Å². The Balaban J connectivity index is 1.91. The lowest BCUT2D eigenvalue weighted by molar-refractivity contribution is 0.00687. The number of anilines is 1. The maximum Gasteiger partial charge on any atom is 0.341 e. The van der Waals surface area contributed by atoms with Crippen molar-refractivity contribution in [3.63, 3.8) is 0 Å². The van der Waals surface area contributed by atoms with Gasteiger partial charge in [-0.1, -0.05) is 30.3 Å². The average Bonchev–Trinajstić information content (AvgIpc) is 2.94. The van der Waals surface area contributed by atoms with Crippen molar-refractivity contribution >= 4 is 22.3 Å². The van der Waals surface area contributed by atoms with E-state index >= 15 is 0 Å². The Morgan fingerprint density at radius 3 is 2.59 bits per heavy atom. The summed E-state index contributed by atoms with van der Waals surface area (Å²) in [4.78, 5) is 16.3. The number of nitrogens with two attached hydrogens (primary N) is 2. The lowest BCUT2D eigenvalue weighted by atomic mass is 9.93. The van der Waals surface area contributed by atoms with E-state index in [-0.39, 0.29) is 18.1 Å². The number of rotatable bonds is 4. The SMILES string of the molecule is C[C@@H](c1ccccc1)N1Cc2sc(N)c(C(=O)OC(C)(C)C)c2C[C@@H]1CN. The monoisotopic (exact) mass is 387 g/mol. The first-order chi connectivity index (χ1) is 12.7. The molecule has 6 heteroatoms. The smallest absolute Gasteiger partial charge is 0.341 e. The summed E-state index contributed by atoms with van der Waals surface area (Å²) < 4.78 is 5.58. The third kappa shape index (κ3) is 4.18. The number of carbonyl (C=O) groups excluding carboxylic acids is 1. The molecule has 0 radical (unpaired) electrons. The number of benzene rings is 1. The van der Waals surface area contributed by atoms with E-state index in [1.807, 2.05) is 26.8 Å². The normalized spacial score (nSPS) is 18.8. The minimum absolute atomic E-state index is 0.155. The summed E-state index contributed by atoms with van der Waals surface area (Å²) in [5.41, 5.74) is 14.6. The summed E-state index contributed by atoms with van der Waals surface area (Å²) in [6.45, 7) is 9.07. The van der Waals surface area contributed by atoms with Crippen LogP contribution in [0.25, 0.3) is 0 Å². The summed E-state index contributed by atoms with van der Waals surface area (Å²) in [7, 11) is 0. The van der Waals surface area contributed by atoms with Crippen LogP contribution < -0.4 is 11.5 Å². The van der Waals surface area contributed by atoms with Gasteiger partial charge >= 0.3 is 5.97 Å². The van der Waals surface area contributed by atoms with E-state index in [1.165, 1.54) is 16.9 Å². The van der Waals surface area contributed by atoms with Crippen molar-refractivity contribution in [1.29, 1.82) is 0 Å². The van der Waals surface area contributed by atoms with Crippen LogP contribution in [0.5, 0.6) is 0 Å². The van der Waals surface area contributed by atoms with Crippen LogP contribution in [0.15, 0.2) is 30.3 Å². The Kier molecular flexibility index (Phi) is 5.60. The van der Waals surface area contributed by atoms with E-state index in [1.54, 1.807) is 0 Å². The number of thiophene rings is 1. The van der Waals surface area contributed by atoms with Crippen LogP contribution >= 0.6 is 11.3 Å². The highest BCUT2D eigenvalue weighted by molar-refractivity contribution is 7.16. The predicted octanol–water partition coefficient (Wildman–Crippen LogP) is 3.73. The van der Waals surface area contributed by atoms with E-state index in [0.29, 0.717) is 23.5 Å². The highest BCUT2D eigenvalue weighted by atomic mass is 32.1. The van der Waals surface area contributed by atoms with Gasteiger partial charge in [-0.3, -0.25) is 4.90 Å². The zero-order chi connectivity index (χ0) is 19.8. The molecular weight excluding hydrogens is 358 g/mol. The molecule has 2 atom stereocenters. The number of hydrogen-bond acceptors (Lipinski definition) is 6. The maximum atomic E-state index is 12.7. The Morgan fingerprint density at radius 2 is 2.00 bits per heavy atom. The molecule has 0 spiro atoms. The second-order valence-corrected chi connectivity index (χ2v) is 9.23. The van der Waals surface area contributed by atoms with Crippen LogP contribution in [0.1, 0.15) is 60.1 Å². The molecule has 1 aromatic heterocycles. The number of carbonyl (C=O) groups is 1. The summed E-state index contributed by atoms with van der Waals surface area (Å²) in [5, 5.41) is 0.541. The van der Waals surface area contributed by atoms with Gasteiger partial charge < -0.3 is 16.2 Å². The Bertz CT molecular complexity index is 811. The largest absolute Gasteiger partial charge is 0.456 e. The van der Waals surface area contributed by atoms with Crippen molar-refractivity contribution in [2.45, 2.75) is 58.3 Å². The minimum atomic E-state index is -0.547. The van der Waals surface area contributed by atoms with Gasteiger partial charge in [0.05, 0.1) is 5.56 Å². The fourth-order valence-corrected chi connectivity index (χ4v) is 4.77. The zero-order valence-corrected chi connectivity index (χ0v) is 17.3. The fourth-order valence-electron chi connectivity index (χ4n) is 3.67. The average molecular weight is 388 g/mol. The molecular formula is C21H29N3O2S. The molecule has 0 unspecified atom stereocenters. The van der Waals surface area contributed by atoms with E-state index in [2.05, 4.69) is 36.1 Å². The topological polar surface area (TPSA) is 81.6 Å². The molecule has 0 amide bonds. The number of nitrogens with zero attached hydrogens (tertiary/aromatic N) is 1. The lowest BCUT2D eigenvalue weighted by Crippen LogP contribution is -2.46. The summed E-state index contributed by atoms with van der Waals surface area (Å²) in [6, 6.07) is 10.8. The maximum absolute atomic E-state index is 12.7. The van der Waals surface area contributed by atoms with Crippen LogP contribution in [-0.4, -0.2) is 29.1 Å². The van der Waals surface area contributed by atoms with Crippen molar-refractivity contribution in [3.8, 4) is 0 Å². The third-order valence-corrected chi connectivity index (χ3v) is 6.05. The van der Waals surface area contributed by atoms with E-state index in [0.717, 1.165) is 17.0 Å². The molecule has 3 rings (SSSR count). The molecule has 0 saturated carbocycles. The number of nitrogen functional groups attached to an aromatic ring is 1. The molecule has 146 valence electrons. The van der Waals surface area contributed by atoms with Gasteiger partial charge in [-0.05, 0) is 45.2 Å². The van der Waals surface area contributed by atoms with Gasteiger partial charge in [0.2, 0.25) is 0 Å². The number of fused-ring (bicyclic) bond motifs is 1. The Labute approximate surface area is 165 Å². The minimum Gasteiger partial charge on any atom is -0.456 e. The highest BCUT2D eigenvalue weighted by Crippen LogP contribution is 2.40. The van der Waals surface area contributed by atoms with Gasteiger partial charge in [0.15, 0.2) is 0 Å². The first-order valence-electron chi connectivity index (χ1n) is 9.35. The number of ether oxygens (including phenoxy) is 1. The van der Waals surface area contributed by atoms with Crippen LogP contribution in [0, 0.1) is 0 Å². The molecule has 0 fully saturated rings. The van der Waals surface area contributed by atoms with Crippen LogP contribution in [0.3, 0.4) is 0 Å². The quantitative estimate of drug-likeness (QED) is 0.781. The van der Waals surface area contributed by atoms with Crippen molar-refractivity contribution in [3.05, 3.63) is 51.9 Å². The summed E-state index contributed by atoms with van der Waals surface area (Å²) in [6.07, 6.45) is 0.714. The Hall–Kier alpha value is -1.89. The predicted molar refractivity (Wildman–Crippen MR) is 111 cm³/mol. The number of esters is 1. The summed E-state index contributed by atoms with van der Waals surface area (Å²) in [5.74, 6) is -0.335. The lowest BCUT2D eigenvalue weighted by Gasteiger charge is -2.39. The molecule has 1 aromatic carbocycles. The molecule has 0 bridgehead atoms. The Morgan fingerprint density at radius 1 is 1.33 bits per heavy atom. The molecule has 5 nitrogen and oxygen atoms in total. The van der Waals surface area contributed by atoms with E-state index in [9.17, 15) is 4.79 Å². The van der Waals surface area contributed by atoms with Crippen LogP contribution in [0.4, 0.5) is 5.00 Å². The molecule has 2 aromatic rings. The van der Waals surface area contributed by atoms with Crippen LogP contribution in [0.2, 0.25) is 0 Å². The van der Waals surface area contributed by atoms with Gasteiger partial charge in [-0.2, -0.15) is 0 Å². The molecule has 0 saturated heterocycles. The first-order valence-corrected chi connectivity index (χ1v) is 10.2. The van der Waals surface area contributed by atoms with E-state index < -0.39 is 5.60 Å². The molecule has 1 aliphatic heterocycles. The van der Waals surface area contributed by atoms with Crippen molar-refractivity contribution in [2.75, 3.05) is 12.3 Å². The molecule has 2 heterocycles. The van der Waals surface area contributed by atoms with Gasteiger partial charge in [0.1, 0.15) is 10.6 Å². The van der Waals surface area contributed by atoms with Gasteiger partial charge in [0, 0.05) is 30.1 Å². The second-order valence-electron chi connectivity index (χ2n) is 8.10. The summed E-state index contributed by atoms with van der Waals surface area (Å²) >= 11 is 1.49. The van der Waals surface area contributed by atoms with Crippen molar-refractivity contribution in [2.24, 2.45) is 5.73 Å². The van der Waals surface area contributed by atoms with Crippen LogP contribution in [-0.2, 0) is 17.7 Å². The first kappa shape index (κ1) is 19.9. The van der Waals surface area contributed by atoms with Crippen molar-refractivity contribution in [1.82, 2.24) is 4.90 Å². The van der Waals surface area contributed by atoms with Gasteiger partial charge in [-0.25, -0.2) is 4.79 Å². The van der Waals surface area contributed by atoms with Gasteiger partial charge in [-0.15, -0.1) is 11.3 Å². The molecule has 0 aliphatic carbocycles. The highest BCUT2D eigenvalue weighted by Gasteiger charge is 2.35. The third-order valence-electron chi connectivity index (χ3n) is 5.01. The fraction of sp³-hybridized carbons (Fsp3) is 0.476. The second kappa shape index (κ2) is 7.62. The number of hydrogen-bond donors (Lipinski definition) is 2. The zero-order valence-electron chi connectivity index (χ0n) is 16.5.